The third-order valence-electron chi connectivity index (χ3n) is 4.17. The first-order chi connectivity index (χ1) is 15.6. The summed E-state index contributed by atoms with van der Waals surface area (Å²) in [5.74, 6) is -0.922. The molecule has 2 aromatic rings. The van der Waals surface area contributed by atoms with Crippen LogP contribution in [0.4, 0.5) is 10.5 Å². The summed E-state index contributed by atoms with van der Waals surface area (Å²) in [6, 6.07) is 15.7. The van der Waals surface area contributed by atoms with Gasteiger partial charge in [0.25, 0.3) is 5.91 Å². The molecule has 0 spiro atoms. The van der Waals surface area contributed by atoms with E-state index in [0.717, 1.165) is 5.56 Å². The van der Waals surface area contributed by atoms with Crippen LogP contribution in [0.1, 0.15) is 43.1 Å². The molecular weight excluding hydrogens is 424 g/mol. The molecule has 0 aliphatic rings. The molecule has 2 rings (SSSR count). The van der Waals surface area contributed by atoms with Crippen LogP contribution in [0.15, 0.2) is 54.6 Å². The van der Waals surface area contributed by atoms with Crippen LogP contribution in [0, 0.1) is 0 Å². The molecule has 4 amide bonds. The van der Waals surface area contributed by atoms with Crippen LogP contribution in [0.5, 0.6) is 0 Å². The Kier molecular flexibility index (Phi) is 9.41. The van der Waals surface area contributed by atoms with E-state index in [2.05, 4.69) is 21.3 Å². The molecule has 2 aromatic carbocycles. The van der Waals surface area contributed by atoms with Crippen LogP contribution in [0.25, 0.3) is 0 Å². The zero-order chi connectivity index (χ0) is 24.3. The Morgan fingerprint density at radius 1 is 0.848 bits per heavy atom. The molecule has 33 heavy (non-hydrogen) atoms. The van der Waals surface area contributed by atoms with Gasteiger partial charge in [-0.1, -0.05) is 30.3 Å². The summed E-state index contributed by atoms with van der Waals surface area (Å²) in [6.45, 7) is 5.52. The predicted octanol–water partition coefficient (Wildman–Crippen LogP) is 2.59. The zero-order valence-corrected chi connectivity index (χ0v) is 19.1. The quantitative estimate of drug-likeness (QED) is 0.463. The zero-order valence-electron chi connectivity index (χ0n) is 19.1. The van der Waals surface area contributed by atoms with E-state index in [1.54, 1.807) is 69.3 Å². The fraction of sp³-hybridized carbons (Fsp3) is 0.333. The number of rotatable bonds is 9. The first-order valence-electron chi connectivity index (χ1n) is 10.6. The number of amides is 4. The molecule has 176 valence electrons. The Morgan fingerprint density at radius 3 is 2.27 bits per heavy atom. The average Bonchev–Trinajstić information content (AvgIpc) is 2.75. The minimum absolute atomic E-state index is 0.0846. The monoisotopic (exact) mass is 454 g/mol. The summed E-state index contributed by atoms with van der Waals surface area (Å²) < 4.78 is 5.11. The lowest BCUT2D eigenvalue weighted by molar-refractivity contribution is -0.120. The molecule has 0 aliphatic heterocycles. The fourth-order valence-electron chi connectivity index (χ4n) is 2.69. The van der Waals surface area contributed by atoms with Crippen LogP contribution in [0.3, 0.4) is 0 Å². The number of hydrogen-bond acceptors (Lipinski definition) is 5. The van der Waals surface area contributed by atoms with Crippen molar-refractivity contribution >= 4 is 29.5 Å². The summed E-state index contributed by atoms with van der Waals surface area (Å²) in [5, 5.41) is 10.6. The van der Waals surface area contributed by atoms with Gasteiger partial charge in [0.2, 0.25) is 11.8 Å². The third-order valence-corrected chi connectivity index (χ3v) is 4.17. The van der Waals surface area contributed by atoms with E-state index in [4.69, 9.17) is 4.74 Å². The summed E-state index contributed by atoms with van der Waals surface area (Å²) in [4.78, 5) is 47.7. The second-order valence-corrected chi connectivity index (χ2v) is 8.25. The van der Waals surface area contributed by atoms with Crippen molar-refractivity contribution in [3.8, 4) is 0 Å². The Bertz CT molecular complexity index is 970. The molecule has 4 N–H and O–H groups in total. The number of ether oxygens (including phenoxy) is 1. The average molecular weight is 455 g/mol. The highest BCUT2D eigenvalue weighted by Crippen LogP contribution is 2.11. The van der Waals surface area contributed by atoms with Gasteiger partial charge in [-0.15, -0.1) is 0 Å². The Balaban J connectivity index is 1.72. The number of anilines is 1. The summed E-state index contributed by atoms with van der Waals surface area (Å²) in [7, 11) is 0. The lowest BCUT2D eigenvalue weighted by Crippen LogP contribution is -2.36. The smallest absolute Gasteiger partial charge is 0.407 e. The minimum Gasteiger partial charge on any atom is -0.444 e. The molecule has 0 heterocycles. The second kappa shape index (κ2) is 12.2. The lowest BCUT2D eigenvalue weighted by atomic mass is 10.2. The van der Waals surface area contributed by atoms with Crippen molar-refractivity contribution in [2.24, 2.45) is 0 Å². The molecule has 9 heteroatoms. The minimum atomic E-state index is -0.602. The number of carbonyl (C=O) groups is 4. The maximum Gasteiger partial charge on any atom is 0.407 e. The number of nitrogens with one attached hydrogen (secondary N) is 4. The summed E-state index contributed by atoms with van der Waals surface area (Å²) in [6.07, 6.45) is -0.491. The Labute approximate surface area is 193 Å². The Morgan fingerprint density at radius 2 is 1.58 bits per heavy atom. The third kappa shape index (κ3) is 10.3. The van der Waals surface area contributed by atoms with E-state index < -0.39 is 11.7 Å². The summed E-state index contributed by atoms with van der Waals surface area (Å²) >= 11 is 0. The van der Waals surface area contributed by atoms with Crippen LogP contribution in [-0.2, 0) is 20.9 Å². The highest BCUT2D eigenvalue weighted by atomic mass is 16.6. The van der Waals surface area contributed by atoms with Crippen molar-refractivity contribution in [3.63, 3.8) is 0 Å². The van der Waals surface area contributed by atoms with Crippen molar-refractivity contribution in [1.82, 2.24) is 16.0 Å². The number of carbonyl (C=O) groups excluding carboxylic acids is 4. The van der Waals surface area contributed by atoms with Gasteiger partial charge in [0.1, 0.15) is 5.60 Å². The predicted molar refractivity (Wildman–Crippen MR) is 125 cm³/mol. The van der Waals surface area contributed by atoms with Gasteiger partial charge in [-0.25, -0.2) is 4.79 Å². The van der Waals surface area contributed by atoms with Crippen LogP contribution in [0.2, 0.25) is 0 Å². The summed E-state index contributed by atoms with van der Waals surface area (Å²) in [5.41, 5.74) is 1.23. The van der Waals surface area contributed by atoms with Crippen molar-refractivity contribution in [1.29, 1.82) is 0 Å². The van der Waals surface area contributed by atoms with Gasteiger partial charge in [0, 0.05) is 30.8 Å². The molecule has 0 saturated carbocycles. The van der Waals surface area contributed by atoms with E-state index in [0.29, 0.717) is 11.3 Å². The van der Waals surface area contributed by atoms with Gasteiger partial charge in [-0.05, 0) is 50.6 Å². The highest BCUT2D eigenvalue weighted by Gasteiger charge is 2.16. The topological polar surface area (TPSA) is 126 Å². The first kappa shape index (κ1) is 25.4. The lowest BCUT2D eigenvalue weighted by Gasteiger charge is -2.19. The first-order valence-corrected chi connectivity index (χ1v) is 10.6. The Hall–Kier alpha value is -3.88. The molecule has 0 saturated heterocycles. The fourth-order valence-corrected chi connectivity index (χ4v) is 2.69. The molecule has 0 bridgehead atoms. The van der Waals surface area contributed by atoms with Crippen LogP contribution in [-0.4, -0.2) is 42.5 Å². The van der Waals surface area contributed by atoms with E-state index in [9.17, 15) is 19.2 Å². The molecule has 9 nitrogen and oxygen atoms in total. The number of benzene rings is 2. The van der Waals surface area contributed by atoms with Crippen molar-refractivity contribution in [3.05, 3.63) is 65.7 Å². The van der Waals surface area contributed by atoms with E-state index >= 15 is 0 Å². The largest absolute Gasteiger partial charge is 0.444 e. The normalized spacial score (nSPS) is 10.6. The molecule has 0 aliphatic carbocycles. The van der Waals surface area contributed by atoms with Crippen LogP contribution < -0.4 is 21.3 Å². The molecular formula is C24H30N4O5. The number of alkyl carbamates (subject to hydrolysis) is 1. The van der Waals surface area contributed by atoms with Gasteiger partial charge in [-0.3, -0.25) is 14.4 Å². The highest BCUT2D eigenvalue weighted by molar-refractivity contribution is 5.96. The maximum absolute atomic E-state index is 12.1. The molecule has 0 fully saturated rings. The van der Waals surface area contributed by atoms with Crippen molar-refractivity contribution < 1.29 is 23.9 Å². The molecule has 0 aromatic heterocycles. The SMILES string of the molecule is CC(C)(C)OC(=O)NCCC(=O)Nc1cccc(CNC(=O)CNC(=O)c2ccccc2)c1. The van der Waals surface area contributed by atoms with Gasteiger partial charge in [0.05, 0.1) is 6.54 Å². The number of hydrogen-bond donors (Lipinski definition) is 4. The van der Waals surface area contributed by atoms with E-state index in [-0.39, 0.29) is 43.8 Å². The molecule has 0 atom stereocenters. The second-order valence-electron chi connectivity index (χ2n) is 8.25. The maximum atomic E-state index is 12.1. The van der Waals surface area contributed by atoms with E-state index in [1.165, 1.54) is 0 Å². The van der Waals surface area contributed by atoms with Crippen LogP contribution >= 0.6 is 0 Å². The van der Waals surface area contributed by atoms with Crippen molar-refractivity contribution in [2.75, 3.05) is 18.4 Å². The van der Waals surface area contributed by atoms with Gasteiger partial charge < -0.3 is 26.0 Å². The van der Waals surface area contributed by atoms with Gasteiger partial charge >= 0.3 is 6.09 Å². The standard InChI is InChI=1S/C24H30N4O5/c1-24(2,3)33-23(32)25-13-12-20(29)28-19-11-7-8-17(14-19)15-26-21(30)16-27-22(31)18-9-5-4-6-10-18/h4-11,14H,12-13,15-16H2,1-3H3,(H,25,32)(H,26,30)(H,27,31)(H,28,29). The molecule has 0 unspecified atom stereocenters. The van der Waals surface area contributed by atoms with Gasteiger partial charge in [0.15, 0.2) is 0 Å². The van der Waals surface area contributed by atoms with E-state index in [1.807, 2.05) is 6.07 Å². The van der Waals surface area contributed by atoms with Crippen molar-refractivity contribution in [2.45, 2.75) is 39.3 Å². The molecule has 0 radical (unpaired) electrons. The van der Waals surface area contributed by atoms with Gasteiger partial charge in [-0.2, -0.15) is 0 Å².